The molecular formula is C10H22N2O2. The van der Waals surface area contributed by atoms with Gasteiger partial charge >= 0.3 is 0 Å². The van der Waals surface area contributed by atoms with Gasteiger partial charge in [-0.25, -0.2) is 0 Å². The first-order chi connectivity index (χ1) is 6.37. The Labute approximate surface area is 86.3 Å². The molecule has 1 unspecified atom stereocenters. The Bertz CT molecular complexity index is 175. The topological polar surface area (TPSA) is 68.3 Å². The summed E-state index contributed by atoms with van der Waals surface area (Å²) in [7, 11) is 0. The van der Waals surface area contributed by atoms with Gasteiger partial charge in [-0.2, -0.15) is 0 Å². The van der Waals surface area contributed by atoms with Gasteiger partial charge in [0.25, 0.3) is 0 Å². The van der Waals surface area contributed by atoms with Crippen LogP contribution < -0.4 is 5.73 Å². The van der Waals surface area contributed by atoms with Crippen LogP contribution in [0.1, 0.15) is 34.1 Å². The summed E-state index contributed by atoms with van der Waals surface area (Å²) in [5.74, 6) is 0.0864. The maximum atomic E-state index is 7.22. The van der Waals surface area contributed by atoms with Crippen LogP contribution in [0.25, 0.3) is 0 Å². The molecule has 0 aliphatic rings. The van der Waals surface area contributed by atoms with E-state index in [-0.39, 0.29) is 17.5 Å². The quantitative estimate of drug-likeness (QED) is 0.390. The molecule has 14 heavy (non-hydrogen) atoms. The molecule has 4 heteroatoms. The first kappa shape index (κ1) is 13.4. The Hall–Kier alpha value is -0.610. The summed E-state index contributed by atoms with van der Waals surface area (Å²) in [5, 5.41) is 7.22. The van der Waals surface area contributed by atoms with Gasteiger partial charge in [-0.3, -0.25) is 5.41 Å². The van der Waals surface area contributed by atoms with Crippen molar-refractivity contribution in [3.05, 3.63) is 0 Å². The summed E-state index contributed by atoms with van der Waals surface area (Å²) in [6.07, 6.45) is 0.462. The van der Waals surface area contributed by atoms with Crippen molar-refractivity contribution in [3.63, 3.8) is 0 Å². The van der Waals surface area contributed by atoms with E-state index in [9.17, 15) is 0 Å². The van der Waals surface area contributed by atoms with Crippen molar-refractivity contribution in [2.75, 3.05) is 13.2 Å². The number of nitrogens with one attached hydrogen (secondary N) is 1. The maximum Gasteiger partial charge on any atom is 0.120 e. The molecule has 0 bridgehead atoms. The Kier molecular flexibility index (Phi) is 5.72. The minimum absolute atomic E-state index is 0.0864. The van der Waals surface area contributed by atoms with Crippen LogP contribution in [0.15, 0.2) is 0 Å². The normalized spacial score (nSPS) is 14.0. The van der Waals surface area contributed by atoms with Crippen LogP contribution in [0.4, 0.5) is 0 Å². The number of amidine groups is 1. The van der Waals surface area contributed by atoms with E-state index in [0.717, 1.165) is 6.42 Å². The van der Waals surface area contributed by atoms with Crippen LogP contribution in [0.5, 0.6) is 0 Å². The third-order valence-corrected chi connectivity index (χ3v) is 1.66. The SMILES string of the molecule is CCC(OCCOC(C)(C)C)C(=N)N. The fourth-order valence-corrected chi connectivity index (χ4v) is 0.966. The van der Waals surface area contributed by atoms with Gasteiger partial charge in [0.15, 0.2) is 0 Å². The highest BCUT2D eigenvalue weighted by Crippen LogP contribution is 2.06. The lowest BCUT2D eigenvalue weighted by Gasteiger charge is -2.20. The third kappa shape index (κ3) is 6.86. The number of hydrogen-bond donors (Lipinski definition) is 2. The molecule has 0 aliphatic heterocycles. The molecule has 0 rings (SSSR count). The average Bonchev–Trinajstić information content (AvgIpc) is 2.01. The molecule has 0 aromatic rings. The van der Waals surface area contributed by atoms with E-state index >= 15 is 0 Å². The van der Waals surface area contributed by atoms with Gasteiger partial charge in [-0.05, 0) is 27.2 Å². The van der Waals surface area contributed by atoms with E-state index in [4.69, 9.17) is 20.6 Å². The van der Waals surface area contributed by atoms with Crippen molar-refractivity contribution in [2.24, 2.45) is 5.73 Å². The summed E-state index contributed by atoms with van der Waals surface area (Å²) in [6.45, 7) is 8.94. The second kappa shape index (κ2) is 5.98. The maximum absolute atomic E-state index is 7.22. The van der Waals surface area contributed by atoms with E-state index in [1.807, 2.05) is 27.7 Å². The summed E-state index contributed by atoms with van der Waals surface area (Å²) in [6, 6.07) is 0. The highest BCUT2D eigenvalue weighted by atomic mass is 16.5. The zero-order chi connectivity index (χ0) is 11.2. The minimum Gasteiger partial charge on any atom is -0.385 e. The first-order valence-electron chi connectivity index (χ1n) is 4.96. The van der Waals surface area contributed by atoms with Crippen molar-refractivity contribution in [1.29, 1.82) is 5.41 Å². The van der Waals surface area contributed by atoms with Gasteiger partial charge in [0.05, 0.1) is 18.8 Å². The summed E-state index contributed by atoms with van der Waals surface area (Å²) in [5.41, 5.74) is 5.20. The summed E-state index contributed by atoms with van der Waals surface area (Å²) in [4.78, 5) is 0. The van der Waals surface area contributed by atoms with E-state index in [1.165, 1.54) is 0 Å². The number of ether oxygens (including phenoxy) is 2. The van der Waals surface area contributed by atoms with Gasteiger partial charge in [-0.1, -0.05) is 6.92 Å². The van der Waals surface area contributed by atoms with Crippen molar-refractivity contribution in [3.8, 4) is 0 Å². The number of rotatable bonds is 6. The van der Waals surface area contributed by atoms with Crippen molar-refractivity contribution in [2.45, 2.75) is 45.8 Å². The Balaban J connectivity index is 3.58. The van der Waals surface area contributed by atoms with Gasteiger partial charge in [0, 0.05) is 0 Å². The largest absolute Gasteiger partial charge is 0.385 e. The zero-order valence-corrected chi connectivity index (χ0v) is 9.59. The van der Waals surface area contributed by atoms with Gasteiger partial charge in [-0.15, -0.1) is 0 Å². The van der Waals surface area contributed by atoms with E-state index in [1.54, 1.807) is 0 Å². The molecule has 0 saturated heterocycles. The van der Waals surface area contributed by atoms with Crippen LogP contribution in [-0.2, 0) is 9.47 Å². The molecule has 0 aromatic carbocycles. The fourth-order valence-electron chi connectivity index (χ4n) is 0.966. The smallest absolute Gasteiger partial charge is 0.120 e. The monoisotopic (exact) mass is 202 g/mol. The van der Waals surface area contributed by atoms with Gasteiger partial charge in [0.1, 0.15) is 11.9 Å². The van der Waals surface area contributed by atoms with Gasteiger partial charge < -0.3 is 15.2 Å². The molecule has 0 spiro atoms. The van der Waals surface area contributed by atoms with Crippen LogP contribution in [-0.4, -0.2) is 30.8 Å². The van der Waals surface area contributed by atoms with Crippen LogP contribution in [0.2, 0.25) is 0 Å². The predicted molar refractivity (Wildman–Crippen MR) is 57.7 cm³/mol. The van der Waals surface area contributed by atoms with Crippen molar-refractivity contribution >= 4 is 5.84 Å². The van der Waals surface area contributed by atoms with Crippen LogP contribution >= 0.6 is 0 Å². The lowest BCUT2D eigenvalue weighted by Crippen LogP contribution is -2.31. The molecule has 0 heterocycles. The van der Waals surface area contributed by atoms with Crippen molar-refractivity contribution < 1.29 is 9.47 Å². The highest BCUT2D eigenvalue weighted by Gasteiger charge is 2.12. The first-order valence-corrected chi connectivity index (χ1v) is 4.96. The Morgan fingerprint density at radius 1 is 1.36 bits per heavy atom. The fraction of sp³-hybridized carbons (Fsp3) is 0.900. The standard InChI is InChI=1S/C10H22N2O2/c1-5-8(9(11)12)13-6-7-14-10(2,3)4/h8H,5-7H2,1-4H3,(H3,11,12). The molecule has 0 aromatic heterocycles. The lowest BCUT2D eigenvalue weighted by atomic mass is 10.2. The molecular weight excluding hydrogens is 180 g/mol. The second-order valence-electron chi connectivity index (χ2n) is 4.18. The molecule has 0 radical (unpaired) electrons. The highest BCUT2D eigenvalue weighted by molar-refractivity contribution is 5.81. The van der Waals surface area contributed by atoms with E-state index in [2.05, 4.69) is 0 Å². The molecule has 3 N–H and O–H groups in total. The minimum atomic E-state index is -0.265. The second-order valence-corrected chi connectivity index (χ2v) is 4.18. The molecule has 1 atom stereocenters. The number of hydrogen-bond acceptors (Lipinski definition) is 3. The lowest BCUT2D eigenvalue weighted by molar-refractivity contribution is -0.0419. The number of nitrogens with two attached hydrogens (primary N) is 1. The van der Waals surface area contributed by atoms with Gasteiger partial charge in [0.2, 0.25) is 0 Å². The molecule has 0 amide bonds. The molecule has 0 saturated carbocycles. The third-order valence-electron chi connectivity index (χ3n) is 1.66. The van der Waals surface area contributed by atoms with Crippen LogP contribution in [0, 0.1) is 5.41 Å². The van der Waals surface area contributed by atoms with Crippen molar-refractivity contribution in [1.82, 2.24) is 0 Å². The molecule has 84 valence electrons. The Morgan fingerprint density at radius 3 is 2.29 bits per heavy atom. The zero-order valence-electron chi connectivity index (χ0n) is 9.59. The summed E-state index contributed by atoms with van der Waals surface area (Å²) >= 11 is 0. The molecule has 0 aliphatic carbocycles. The predicted octanol–water partition coefficient (Wildman–Crippen LogP) is 1.53. The summed E-state index contributed by atoms with van der Waals surface area (Å²) < 4.78 is 10.8. The molecule has 4 nitrogen and oxygen atoms in total. The van der Waals surface area contributed by atoms with Crippen LogP contribution in [0.3, 0.4) is 0 Å². The molecule has 0 fully saturated rings. The average molecular weight is 202 g/mol. The Morgan fingerprint density at radius 2 is 1.93 bits per heavy atom. The van der Waals surface area contributed by atoms with E-state index in [0.29, 0.717) is 13.2 Å². The van der Waals surface area contributed by atoms with E-state index < -0.39 is 0 Å².